The standard InChI is InChI=1S/C42H61N5O7/c1-29(2)25-35-41(52)45-34(21-13-14-24-43-38(49)23-12-9-17-30-15-5-3-6-16-30)40(51)44-32(26-31-18-7-4-8-19-31)28-54-37-22-11-10-20-33(37)39(50)47-36(27-48)42(53)46-35/h4,7-8,10-11,18-20,22,29-30,32,34-36,48H,3,5-6,9,12-17,21,23-28H2,1-2H3,(H,43,49)(H,44,51)(H,45,52)(H,46,53)(H,47,50)/t32-,34-,35-,36-/m0/s1. The third-order valence-corrected chi connectivity index (χ3v) is 10.3. The van der Waals surface area contributed by atoms with E-state index in [2.05, 4.69) is 26.6 Å². The van der Waals surface area contributed by atoms with Crippen LogP contribution in [0.4, 0.5) is 0 Å². The molecule has 6 N–H and O–H groups in total. The Balaban J connectivity index is 1.46. The number of carbonyl (C=O) groups excluding carboxylic acids is 5. The fraction of sp³-hybridized carbons (Fsp3) is 0.595. The summed E-state index contributed by atoms with van der Waals surface area (Å²) in [5.41, 5.74) is 1.11. The zero-order valence-electron chi connectivity index (χ0n) is 32.1. The van der Waals surface area contributed by atoms with Crippen molar-refractivity contribution in [2.24, 2.45) is 11.8 Å². The Morgan fingerprint density at radius 3 is 2.19 bits per heavy atom. The summed E-state index contributed by atoms with van der Waals surface area (Å²) in [6.07, 6.45) is 12.5. The average molecular weight is 748 g/mol. The predicted molar refractivity (Wildman–Crippen MR) is 208 cm³/mol. The summed E-state index contributed by atoms with van der Waals surface area (Å²) < 4.78 is 6.14. The van der Waals surface area contributed by atoms with Gasteiger partial charge in [-0.1, -0.05) is 101 Å². The van der Waals surface area contributed by atoms with E-state index in [0.29, 0.717) is 38.6 Å². The molecule has 12 heteroatoms. The number of para-hydroxylation sites is 1. The fourth-order valence-corrected chi connectivity index (χ4v) is 7.25. The van der Waals surface area contributed by atoms with Crippen LogP contribution >= 0.6 is 0 Å². The Bertz CT molecular complexity index is 1500. The molecule has 54 heavy (non-hydrogen) atoms. The highest BCUT2D eigenvalue weighted by Crippen LogP contribution is 2.28. The molecule has 4 rings (SSSR count). The third kappa shape index (κ3) is 14.4. The second-order valence-corrected chi connectivity index (χ2v) is 15.3. The summed E-state index contributed by atoms with van der Waals surface area (Å²) in [6, 6.07) is 12.4. The molecule has 0 unspecified atom stereocenters. The van der Waals surface area contributed by atoms with Gasteiger partial charge in [0.05, 0.1) is 18.2 Å². The number of amides is 5. The van der Waals surface area contributed by atoms with E-state index in [1.807, 2.05) is 44.2 Å². The first-order valence-corrected chi connectivity index (χ1v) is 20.0. The van der Waals surface area contributed by atoms with Gasteiger partial charge in [0, 0.05) is 13.0 Å². The number of nitrogens with one attached hydrogen (secondary N) is 5. The molecule has 0 spiro atoms. The van der Waals surface area contributed by atoms with Gasteiger partial charge in [-0.2, -0.15) is 0 Å². The molecule has 0 aromatic heterocycles. The van der Waals surface area contributed by atoms with E-state index < -0.39 is 54.4 Å². The first-order chi connectivity index (χ1) is 26.1. The highest BCUT2D eigenvalue weighted by atomic mass is 16.5. The van der Waals surface area contributed by atoms with Crippen LogP contribution in [-0.4, -0.2) is 78.6 Å². The topological polar surface area (TPSA) is 175 Å². The molecule has 0 bridgehead atoms. The van der Waals surface area contributed by atoms with Crippen molar-refractivity contribution in [1.29, 1.82) is 0 Å². The van der Waals surface area contributed by atoms with Gasteiger partial charge in [0.2, 0.25) is 23.6 Å². The molecular formula is C42H61N5O7. The molecule has 1 heterocycles. The molecule has 5 amide bonds. The van der Waals surface area contributed by atoms with Crippen LogP contribution in [0.5, 0.6) is 5.75 Å². The molecule has 2 aromatic carbocycles. The zero-order valence-corrected chi connectivity index (χ0v) is 32.1. The largest absolute Gasteiger partial charge is 0.491 e. The number of rotatable bonds is 15. The van der Waals surface area contributed by atoms with Gasteiger partial charge in [-0.15, -0.1) is 0 Å². The maximum absolute atomic E-state index is 14.0. The van der Waals surface area contributed by atoms with E-state index in [9.17, 15) is 29.1 Å². The minimum Gasteiger partial charge on any atom is -0.491 e. The van der Waals surface area contributed by atoms with Crippen LogP contribution in [0.2, 0.25) is 0 Å². The number of hydrogen-bond acceptors (Lipinski definition) is 7. The molecule has 0 saturated heterocycles. The number of aliphatic hydroxyl groups excluding tert-OH is 1. The predicted octanol–water partition coefficient (Wildman–Crippen LogP) is 4.34. The Labute approximate surface area is 320 Å². The van der Waals surface area contributed by atoms with Gasteiger partial charge in [0.15, 0.2) is 0 Å². The Morgan fingerprint density at radius 1 is 0.778 bits per heavy atom. The smallest absolute Gasteiger partial charge is 0.255 e. The number of carbonyl (C=O) groups is 5. The third-order valence-electron chi connectivity index (χ3n) is 10.3. The van der Waals surface area contributed by atoms with Crippen molar-refractivity contribution in [3.05, 3.63) is 65.7 Å². The van der Waals surface area contributed by atoms with Gasteiger partial charge < -0.3 is 36.4 Å². The van der Waals surface area contributed by atoms with Crippen molar-refractivity contribution in [3.8, 4) is 5.75 Å². The highest BCUT2D eigenvalue weighted by Gasteiger charge is 2.32. The molecule has 1 fully saturated rings. The van der Waals surface area contributed by atoms with Gasteiger partial charge in [-0.3, -0.25) is 24.0 Å². The van der Waals surface area contributed by atoms with Gasteiger partial charge in [0.1, 0.15) is 30.5 Å². The summed E-state index contributed by atoms with van der Waals surface area (Å²) in [4.78, 5) is 67.1. The van der Waals surface area contributed by atoms with Crippen LogP contribution in [0.25, 0.3) is 0 Å². The van der Waals surface area contributed by atoms with E-state index in [1.165, 1.54) is 38.5 Å². The number of aliphatic hydroxyl groups is 1. The van der Waals surface area contributed by atoms with Gasteiger partial charge in [-0.25, -0.2) is 0 Å². The minimum absolute atomic E-state index is 0.00348. The summed E-state index contributed by atoms with van der Waals surface area (Å²) >= 11 is 0. The number of unbranched alkanes of at least 4 members (excludes halogenated alkanes) is 2. The van der Waals surface area contributed by atoms with Crippen molar-refractivity contribution < 1.29 is 33.8 Å². The summed E-state index contributed by atoms with van der Waals surface area (Å²) in [5, 5.41) is 24.3. The van der Waals surface area contributed by atoms with Crippen LogP contribution in [0.1, 0.15) is 113 Å². The van der Waals surface area contributed by atoms with Crippen LogP contribution in [0, 0.1) is 11.8 Å². The minimum atomic E-state index is -1.34. The monoisotopic (exact) mass is 747 g/mol. The van der Waals surface area contributed by atoms with Crippen LogP contribution < -0.4 is 31.3 Å². The Morgan fingerprint density at radius 2 is 1.44 bits per heavy atom. The Hall–Kier alpha value is -4.45. The lowest BCUT2D eigenvalue weighted by molar-refractivity contribution is -0.133. The van der Waals surface area contributed by atoms with Crippen molar-refractivity contribution in [3.63, 3.8) is 0 Å². The van der Waals surface area contributed by atoms with E-state index >= 15 is 0 Å². The lowest BCUT2D eigenvalue weighted by atomic mass is 9.85. The van der Waals surface area contributed by atoms with Gasteiger partial charge >= 0.3 is 0 Å². The normalized spacial score (nSPS) is 21.9. The summed E-state index contributed by atoms with van der Waals surface area (Å²) in [7, 11) is 0. The summed E-state index contributed by atoms with van der Waals surface area (Å²) in [6.45, 7) is 3.60. The highest BCUT2D eigenvalue weighted by molar-refractivity contribution is 6.00. The lowest BCUT2D eigenvalue weighted by Crippen LogP contribution is -2.58. The molecule has 12 nitrogen and oxygen atoms in total. The average Bonchev–Trinajstić information content (AvgIpc) is 3.17. The van der Waals surface area contributed by atoms with Gasteiger partial charge in [0.25, 0.3) is 5.91 Å². The van der Waals surface area contributed by atoms with E-state index in [-0.39, 0.29) is 36.2 Å². The maximum Gasteiger partial charge on any atom is 0.255 e. The van der Waals surface area contributed by atoms with E-state index in [0.717, 1.165) is 24.3 Å². The molecule has 4 atom stereocenters. The first-order valence-electron chi connectivity index (χ1n) is 20.0. The summed E-state index contributed by atoms with van der Waals surface area (Å²) in [5.74, 6) is -1.22. The zero-order chi connectivity index (χ0) is 38.7. The Kier molecular flexibility index (Phi) is 17.8. The van der Waals surface area contributed by atoms with Crippen LogP contribution in [-0.2, 0) is 25.6 Å². The van der Waals surface area contributed by atoms with Crippen LogP contribution in [0.15, 0.2) is 54.6 Å². The van der Waals surface area contributed by atoms with Crippen molar-refractivity contribution in [2.45, 2.75) is 128 Å². The molecule has 296 valence electrons. The molecule has 1 aliphatic carbocycles. The van der Waals surface area contributed by atoms with E-state index in [4.69, 9.17) is 4.74 Å². The second kappa shape index (κ2) is 22.7. The van der Waals surface area contributed by atoms with Crippen LogP contribution in [0.3, 0.4) is 0 Å². The second-order valence-electron chi connectivity index (χ2n) is 15.3. The van der Waals surface area contributed by atoms with Crippen molar-refractivity contribution in [1.82, 2.24) is 26.6 Å². The molecular weight excluding hydrogens is 686 g/mol. The maximum atomic E-state index is 14.0. The van der Waals surface area contributed by atoms with Gasteiger partial charge in [-0.05, 0) is 68.1 Å². The quantitative estimate of drug-likeness (QED) is 0.147. The molecule has 2 aliphatic rings. The fourth-order valence-electron chi connectivity index (χ4n) is 7.25. The number of fused-ring (bicyclic) bond motifs is 1. The lowest BCUT2D eigenvalue weighted by Gasteiger charge is -2.28. The first kappa shape index (κ1) is 42.3. The molecule has 1 aliphatic heterocycles. The molecule has 2 aromatic rings. The number of benzene rings is 2. The molecule has 1 saturated carbocycles. The SMILES string of the molecule is CC(C)C[C@@H]1NC(=O)[C@H](CO)NC(=O)c2ccccc2OC[C@H](Cc2ccccc2)NC(=O)[C@H](CCCCNC(=O)CCCCC2CCCCC2)NC1=O. The number of ether oxygens (including phenoxy) is 1. The number of hydrogen-bond donors (Lipinski definition) is 6. The van der Waals surface area contributed by atoms with Crippen molar-refractivity contribution in [2.75, 3.05) is 19.8 Å². The van der Waals surface area contributed by atoms with E-state index in [1.54, 1.807) is 24.3 Å². The van der Waals surface area contributed by atoms with Crippen molar-refractivity contribution >= 4 is 29.5 Å². The molecule has 0 radical (unpaired) electrons.